The summed E-state index contributed by atoms with van der Waals surface area (Å²) in [5.41, 5.74) is 1.72. The predicted octanol–water partition coefficient (Wildman–Crippen LogP) is 4.36. The molecule has 0 radical (unpaired) electrons. The fraction of sp³-hybridized carbons (Fsp3) is 0.316. The maximum Gasteiger partial charge on any atom is 0.346 e. The van der Waals surface area contributed by atoms with Gasteiger partial charge in [0.15, 0.2) is 5.82 Å². The van der Waals surface area contributed by atoms with Crippen molar-refractivity contribution in [1.82, 2.24) is 9.97 Å². The van der Waals surface area contributed by atoms with Crippen LogP contribution in [0.3, 0.4) is 0 Å². The minimum Gasteiger partial charge on any atom is -0.477 e. The third-order valence-electron chi connectivity index (χ3n) is 4.65. The van der Waals surface area contributed by atoms with E-state index < -0.39 is 5.97 Å². The van der Waals surface area contributed by atoms with Crippen molar-refractivity contribution in [3.05, 3.63) is 40.8 Å². The molecule has 4 rings (SSSR count). The first-order valence-corrected chi connectivity index (χ1v) is 9.31. The van der Waals surface area contributed by atoms with Gasteiger partial charge in [-0.05, 0) is 31.7 Å². The maximum atomic E-state index is 11.6. The number of hydrogen-bond donors (Lipinski definition) is 1. The van der Waals surface area contributed by atoms with Gasteiger partial charge in [0.2, 0.25) is 0 Å². The fourth-order valence-electron chi connectivity index (χ4n) is 3.37. The Kier molecular flexibility index (Phi) is 4.13. The predicted molar refractivity (Wildman–Crippen MR) is 101 cm³/mol. The third kappa shape index (κ3) is 2.87. The zero-order chi connectivity index (χ0) is 17.4. The zero-order valence-electron chi connectivity index (χ0n) is 14.0. The van der Waals surface area contributed by atoms with Crippen molar-refractivity contribution >= 4 is 33.3 Å². The molecule has 3 heterocycles. The second-order valence-electron chi connectivity index (χ2n) is 6.33. The Morgan fingerprint density at radius 3 is 2.52 bits per heavy atom. The summed E-state index contributed by atoms with van der Waals surface area (Å²) in [5.74, 6) is 0.642. The van der Waals surface area contributed by atoms with Gasteiger partial charge in [0.25, 0.3) is 0 Å². The Balaban J connectivity index is 1.96. The van der Waals surface area contributed by atoms with Crippen molar-refractivity contribution in [1.29, 1.82) is 0 Å². The largest absolute Gasteiger partial charge is 0.477 e. The first-order chi connectivity index (χ1) is 12.1. The van der Waals surface area contributed by atoms with Gasteiger partial charge in [-0.1, -0.05) is 30.3 Å². The average Bonchev–Trinajstić information content (AvgIpc) is 2.99. The van der Waals surface area contributed by atoms with Crippen LogP contribution in [0, 0.1) is 6.92 Å². The molecular weight excluding hydrogens is 334 g/mol. The molecule has 0 saturated carbocycles. The molecule has 5 nitrogen and oxygen atoms in total. The van der Waals surface area contributed by atoms with E-state index in [1.165, 1.54) is 17.8 Å². The molecule has 3 aromatic rings. The van der Waals surface area contributed by atoms with Crippen LogP contribution in [0.4, 0.5) is 5.82 Å². The summed E-state index contributed by atoms with van der Waals surface area (Å²) in [6.45, 7) is 3.78. The Bertz CT molecular complexity index is 931. The van der Waals surface area contributed by atoms with Crippen molar-refractivity contribution < 1.29 is 9.90 Å². The van der Waals surface area contributed by atoms with E-state index in [1.54, 1.807) is 0 Å². The SMILES string of the molecule is Cc1c(C(=O)O)sc2nc(-c3ccccc3)nc(N3CCCCC3)c12. The second kappa shape index (κ2) is 6.44. The highest BCUT2D eigenvalue weighted by atomic mass is 32.1. The van der Waals surface area contributed by atoms with Crippen LogP contribution in [0.15, 0.2) is 30.3 Å². The monoisotopic (exact) mass is 353 g/mol. The van der Waals surface area contributed by atoms with E-state index in [2.05, 4.69) is 9.88 Å². The Morgan fingerprint density at radius 2 is 1.84 bits per heavy atom. The van der Waals surface area contributed by atoms with E-state index in [-0.39, 0.29) is 0 Å². The highest BCUT2D eigenvalue weighted by molar-refractivity contribution is 7.20. The van der Waals surface area contributed by atoms with Gasteiger partial charge in [-0.25, -0.2) is 14.8 Å². The summed E-state index contributed by atoms with van der Waals surface area (Å²) in [6, 6.07) is 9.86. The number of carboxylic acid groups (broad SMARTS) is 1. The third-order valence-corrected chi connectivity index (χ3v) is 5.83. The van der Waals surface area contributed by atoms with Crippen molar-refractivity contribution in [2.45, 2.75) is 26.2 Å². The lowest BCUT2D eigenvalue weighted by Gasteiger charge is -2.28. The first kappa shape index (κ1) is 16.0. The highest BCUT2D eigenvalue weighted by Crippen LogP contribution is 2.37. The molecule has 2 aromatic heterocycles. The summed E-state index contributed by atoms with van der Waals surface area (Å²) in [6.07, 6.45) is 3.52. The molecule has 25 heavy (non-hydrogen) atoms. The Hall–Kier alpha value is -2.47. The molecular formula is C19H19N3O2S. The number of carbonyl (C=O) groups is 1. The molecule has 0 amide bonds. The molecule has 0 spiro atoms. The molecule has 0 bridgehead atoms. The normalized spacial score (nSPS) is 14.8. The first-order valence-electron chi connectivity index (χ1n) is 8.50. The van der Waals surface area contributed by atoms with E-state index in [0.717, 1.165) is 53.1 Å². The van der Waals surface area contributed by atoms with Crippen molar-refractivity contribution in [3.63, 3.8) is 0 Å². The molecule has 6 heteroatoms. The van der Waals surface area contributed by atoms with Gasteiger partial charge in [-0.15, -0.1) is 11.3 Å². The van der Waals surface area contributed by atoms with Gasteiger partial charge in [-0.3, -0.25) is 0 Å². The number of rotatable bonds is 3. The number of carboxylic acids is 1. The number of benzene rings is 1. The van der Waals surface area contributed by atoms with Crippen LogP contribution < -0.4 is 4.90 Å². The lowest BCUT2D eigenvalue weighted by Crippen LogP contribution is -2.30. The van der Waals surface area contributed by atoms with E-state index in [1.807, 2.05) is 37.3 Å². The maximum absolute atomic E-state index is 11.6. The second-order valence-corrected chi connectivity index (χ2v) is 7.33. The summed E-state index contributed by atoms with van der Waals surface area (Å²) in [5, 5.41) is 10.4. The molecule has 0 atom stereocenters. The van der Waals surface area contributed by atoms with Crippen LogP contribution in [0.5, 0.6) is 0 Å². The minimum absolute atomic E-state index is 0.354. The molecule has 1 aliphatic heterocycles. The number of aromatic nitrogens is 2. The topological polar surface area (TPSA) is 66.3 Å². The molecule has 1 saturated heterocycles. The quantitative estimate of drug-likeness (QED) is 0.758. The van der Waals surface area contributed by atoms with Crippen LogP contribution in [0.25, 0.3) is 21.6 Å². The van der Waals surface area contributed by atoms with Crippen LogP contribution in [-0.2, 0) is 0 Å². The smallest absolute Gasteiger partial charge is 0.346 e. The Labute approximate surface area is 150 Å². The molecule has 1 fully saturated rings. The molecule has 0 aliphatic carbocycles. The summed E-state index contributed by atoms with van der Waals surface area (Å²) in [7, 11) is 0. The lowest BCUT2D eigenvalue weighted by atomic mass is 10.1. The van der Waals surface area contributed by atoms with Gasteiger partial charge in [0.1, 0.15) is 15.5 Å². The van der Waals surface area contributed by atoms with E-state index in [4.69, 9.17) is 4.98 Å². The number of nitrogens with zero attached hydrogens (tertiary/aromatic N) is 3. The number of thiophene rings is 1. The number of hydrogen-bond acceptors (Lipinski definition) is 5. The van der Waals surface area contributed by atoms with Crippen molar-refractivity contribution in [2.24, 2.45) is 0 Å². The van der Waals surface area contributed by atoms with Gasteiger partial charge < -0.3 is 10.0 Å². The van der Waals surface area contributed by atoms with Crippen LogP contribution in [0.2, 0.25) is 0 Å². The van der Waals surface area contributed by atoms with Gasteiger partial charge in [-0.2, -0.15) is 0 Å². The van der Waals surface area contributed by atoms with Crippen LogP contribution in [0.1, 0.15) is 34.5 Å². The van der Waals surface area contributed by atoms with Crippen molar-refractivity contribution in [3.8, 4) is 11.4 Å². The fourth-order valence-corrected chi connectivity index (χ4v) is 4.39. The number of aryl methyl sites for hydroxylation is 1. The number of piperidine rings is 1. The summed E-state index contributed by atoms with van der Waals surface area (Å²) >= 11 is 1.24. The highest BCUT2D eigenvalue weighted by Gasteiger charge is 2.24. The standard InChI is InChI=1S/C19H19N3O2S/c1-12-14-17(22-10-6-3-7-11-22)20-16(13-8-4-2-5-9-13)21-18(14)25-15(12)19(23)24/h2,4-5,8-9H,3,6-7,10-11H2,1H3,(H,23,24). The summed E-state index contributed by atoms with van der Waals surface area (Å²) in [4.78, 5) is 24.5. The van der Waals surface area contributed by atoms with Gasteiger partial charge in [0.05, 0.1) is 5.39 Å². The van der Waals surface area contributed by atoms with E-state index >= 15 is 0 Å². The van der Waals surface area contributed by atoms with Crippen LogP contribution in [-0.4, -0.2) is 34.1 Å². The zero-order valence-corrected chi connectivity index (χ0v) is 14.8. The molecule has 1 aromatic carbocycles. The molecule has 1 aliphatic rings. The van der Waals surface area contributed by atoms with E-state index in [0.29, 0.717) is 10.7 Å². The number of anilines is 1. The molecule has 128 valence electrons. The molecule has 1 N–H and O–H groups in total. The minimum atomic E-state index is -0.897. The van der Waals surface area contributed by atoms with Crippen LogP contribution >= 0.6 is 11.3 Å². The van der Waals surface area contributed by atoms with Crippen molar-refractivity contribution in [2.75, 3.05) is 18.0 Å². The lowest BCUT2D eigenvalue weighted by molar-refractivity contribution is 0.0701. The van der Waals surface area contributed by atoms with Gasteiger partial charge >= 0.3 is 5.97 Å². The number of fused-ring (bicyclic) bond motifs is 1. The molecule has 0 unspecified atom stereocenters. The average molecular weight is 353 g/mol. The number of aromatic carboxylic acids is 1. The van der Waals surface area contributed by atoms with E-state index in [9.17, 15) is 9.90 Å². The summed E-state index contributed by atoms with van der Waals surface area (Å²) < 4.78 is 0. The van der Waals surface area contributed by atoms with Gasteiger partial charge in [0, 0.05) is 18.7 Å². The Morgan fingerprint density at radius 1 is 1.12 bits per heavy atom.